The Balaban J connectivity index is 3.09. The average molecular weight is 147 g/mol. The zero-order chi connectivity index (χ0) is 8.27. The van der Waals surface area contributed by atoms with Gasteiger partial charge < -0.3 is 5.73 Å². The minimum absolute atomic E-state index is 1.19. The molecule has 1 heteroatoms. The standard InChI is InChI=1S/C10H13N/c1-8-3-4-10(5-6-11)9(2)7-8/h3-7H,11H2,1-2H3/b6-5-. The van der Waals surface area contributed by atoms with E-state index in [0.29, 0.717) is 0 Å². The molecule has 0 saturated heterocycles. The van der Waals surface area contributed by atoms with E-state index in [1.807, 2.05) is 6.08 Å². The average Bonchev–Trinajstić information content (AvgIpc) is 1.95. The van der Waals surface area contributed by atoms with Gasteiger partial charge in [-0.1, -0.05) is 23.8 Å². The van der Waals surface area contributed by atoms with E-state index in [0.717, 1.165) is 0 Å². The lowest BCUT2D eigenvalue weighted by Crippen LogP contribution is -1.83. The van der Waals surface area contributed by atoms with Crippen LogP contribution in [0.5, 0.6) is 0 Å². The van der Waals surface area contributed by atoms with Crippen LogP contribution in [-0.4, -0.2) is 0 Å². The highest BCUT2D eigenvalue weighted by Gasteiger charge is 1.92. The van der Waals surface area contributed by atoms with Crippen LogP contribution in [0.3, 0.4) is 0 Å². The van der Waals surface area contributed by atoms with Crippen LogP contribution in [0.4, 0.5) is 0 Å². The van der Waals surface area contributed by atoms with E-state index in [2.05, 4.69) is 32.0 Å². The fourth-order valence-electron chi connectivity index (χ4n) is 1.12. The maximum atomic E-state index is 5.29. The van der Waals surface area contributed by atoms with Crippen molar-refractivity contribution in [3.05, 3.63) is 41.1 Å². The van der Waals surface area contributed by atoms with Crippen LogP contribution < -0.4 is 5.73 Å². The van der Waals surface area contributed by atoms with Crippen LogP contribution in [0.1, 0.15) is 16.7 Å². The van der Waals surface area contributed by atoms with Gasteiger partial charge in [-0.2, -0.15) is 0 Å². The quantitative estimate of drug-likeness (QED) is 0.647. The van der Waals surface area contributed by atoms with Crippen LogP contribution in [0.15, 0.2) is 24.4 Å². The van der Waals surface area contributed by atoms with Crippen LogP contribution >= 0.6 is 0 Å². The summed E-state index contributed by atoms with van der Waals surface area (Å²) in [6.07, 6.45) is 3.48. The lowest BCUT2D eigenvalue weighted by atomic mass is 10.1. The maximum Gasteiger partial charge on any atom is -0.00563 e. The summed E-state index contributed by atoms with van der Waals surface area (Å²) in [7, 11) is 0. The smallest absolute Gasteiger partial charge is 0.00563 e. The second kappa shape index (κ2) is 3.24. The molecule has 11 heavy (non-hydrogen) atoms. The Kier molecular flexibility index (Phi) is 2.32. The summed E-state index contributed by atoms with van der Waals surface area (Å²) in [5.74, 6) is 0. The zero-order valence-corrected chi connectivity index (χ0v) is 6.96. The highest BCUT2D eigenvalue weighted by Crippen LogP contribution is 2.11. The third-order valence-electron chi connectivity index (χ3n) is 1.70. The molecule has 0 bridgehead atoms. The fourth-order valence-corrected chi connectivity index (χ4v) is 1.12. The van der Waals surface area contributed by atoms with Gasteiger partial charge in [0.25, 0.3) is 0 Å². The Morgan fingerprint density at radius 1 is 1.27 bits per heavy atom. The third kappa shape index (κ3) is 1.84. The first-order valence-electron chi connectivity index (χ1n) is 3.69. The molecule has 58 valence electrons. The molecule has 1 aromatic rings. The monoisotopic (exact) mass is 147 g/mol. The molecule has 0 radical (unpaired) electrons. The Morgan fingerprint density at radius 3 is 2.55 bits per heavy atom. The van der Waals surface area contributed by atoms with Gasteiger partial charge >= 0.3 is 0 Å². The molecule has 2 N–H and O–H groups in total. The van der Waals surface area contributed by atoms with Gasteiger partial charge in [-0.15, -0.1) is 0 Å². The van der Waals surface area contributed by atoms with Crippen LogP contribution in [0, 0.1) is 13.8 Å². The molecule has 0 aromatic heterocycles. The van der Waals surface area contributed by atoms with Gasteiger partial charge in [0.15, 0.2) is 0 Å². The van der Waals surface area contributed by atoms with Crippen molar-refractivity contribution >= 4 is 6.08 Å². The summed E-state index contributed by atoms with van der Waals surface area (Å²) in [6.45, 7) is 4.17. The molecule has 0 aliphatic carbocycles. The van der Waals surface area contributed by atoms with Gasteiger partial charge in [-0.3, -0.25) is 0 Å². The van der Waals surface area contributed by atoms with Gasteiger partial charge in [0.1, 0.15) is 0 Å². The molecule has 1 aromatic carbocycles. The zero-order valence-electron chi connectivity index (χ0n) is 6.96. The number of hydrogen-bond donors (Lipinski definition) is 1. The summed E-state index contributed by atoms with van der Waals surface area (Å²) in [5, 5.41) is 0. The molecule has 0 unspecified atom stereocenters. The molecule has 0 aliphatic heterocycles. The van der Waals surface area contributed by atoms with Crippen molar-refractivity contribution in [2.75, 3.05) is 0 Å². The van der Waals surface area contributed by atoms with E-state index in [-0.39, 0.29) is 0 Å². The Morgan fingerprint density at radius 2 is 2.00 bits per heavy atom. The molecular weight excluding hydrogens is 134 g/mol. The first-order valence-corrected chi connectivity index (χ1v) is 3.69. The van der Waals surface area contributed by atoms with E-state index in [1.165, 1.54) is 16.7 Å². The second-order valence-electron chi connectivity index (χ2n) is 2.72. The predicted octanol–water partition coefficient (Wildman–Crippen LogP) is 2.23. The molecule has 0 spiro atoms. The number of hydrogen-bond acceptors (Lipinski definition) is 1. The van der Waals surface area contributed by atoms with Gasteiger partial charge in [-0.25, -0.2) is 0 Å². The molecule has 0 heterocycles. The van der Waals surface area contributed by atoms with Crippen molar-refractivity contribution in [2.24, 2.45) is 5.73 Å². The molecule has 0 atom stereocenters. The number of aryl methyl sites for hydroxylation is 2. The van der Waals surface area contributed by atoms with Crippen molar-refractivity contribution in [3.8, 4) is 0 Å². The van der Waals surface area contributed by atoms with E-state index in [9.17, 15) is 0 Å². The van der Waals surface area contributed by atoms with Crippen LogP contribution in [0.25, 0.3) is 6.08 Å². The summed E-state index contributed by atoms with van der Waals surface area (Å²) >= 11 is 0. The molecule has 0 amide bonds. The Bertz CT molecular complexity index is 274. The van der Waals surface area contributed by atoms with Crippen molar-refractivity contribution in [2.45, 2.75) is 13.8 Å². The topological polar surface area (TPSA) is 26.0 Å². The Labute approximate surface area is 67.5 Å². The summed E-state index contributed by atoms with van der Waals surface area (Å²) in [6, 6.07) is 6.31. The molecular formula is C10H13N. The minimum atomic E-state index is 1.19. The first kappa shape index (κ1) is 7.86. The van der Waals surface area contributed by atoms with E-state index >= 15 is 0 Å². The molecule has 0 aliphatic rings. The lowest BCUT2D eigenvalue weighted by molar-refractivity contribution is 1.36. The lowest BCUT2D eigenvalue weighted by Gasteiger charge is -2.00. The van der Waals surface area contributed by atoms with E-state index in [4.69, 9.17) is 5.73 Å². The van der Waals surface area contributed by atoms with E-state index in [1.54, 1.807) is 6.20 Å². The normalized spacial score (nSPS) is 10.7. The summed E-state index contributed by atoms with van der Waals surface area (Å²) < 4.78 is 0. The SMILES string of the molecule is Cc1ccc(/C=C\N)c(C)c1. The Hall–Kier alpha value is -1.24. The van der Waals surface area contributed by atoms with Gasteiger partial charge in [0, 0.05) is 0 Å². The fraction of sp³-hybridized carbons (Fsp3) is 0.200. The highest BCUT2D eigenvalue weighted by atomic mass is 14.5. The van der Waals surface area contributed by atoms with Crippen LogP contribution in [0.2, 0.25) is 0 Å². The number of nitrogens with two attached hydrogens (primary N) is 1. The predicted molar refractivity (Wildman–Crippen MR) is 49.1 cm³/mol. The second-order valence-corrected chi connectivity index (χ2v) is 2.72. The maximum absolute atomic E-state index is 5.29. The van der Waals surface area contributed by atoms with Crippen molar-refractivity contribution in [1.29, 1.82) is 0 Å². The van der Waals surface area contributed by atoms with Crippen molar-refractivity contribution in [1.82, 2.24) is 0 Å². The molecule has 0 fully saturated rings. The van der Waals surface area contributed by atoms with Crippen molar-refractivity contribution in [3.63, 3.8) is 0 Å². The molecule has 0 saturated carbocycles. The number of rotatable bonds is 1. The van der Waals surface area contributed by atoms with Gasteiger partial charge in [-0.05, 0) is 37.3 Å². The van der Waals surface area contributed by atoms with Crippen LogP contribution in [-0.2, 0) is 0 Å². The molecule has 1 rings (SSSR count). The summed E-state index contributed by atoms with van der Waals surface area (Å²) in [4.78, 5) is 0. The number of benzene rings is 1. The minimum Gasteiger partial charge on any atom is -0.405 e. The van der Waals surface area contributed by atoms with Crippen molar-refractivity contribution < 1.29 is 0 Å². The van der Waals surface area contributed by atoms with E-state index < -0.39 is 0 Å². The third-order valence-corrected chi connectivity index (χ3v) is 1.70. The largest absolute Gasteiger partial charge is 0.405 e. The van der Waals surface area contributed by atoms with Gasteiger partial charge in [0.05, 0.1) is 0 Å². The summed E-state index contributed by atoms with van der Waals surface area (Å²) in [5.41, 5.74) is 9.04. The highest BCUT2D eigenvalue weighted by molar-refractivity contribution is 5.53. The van der Waals surface area contributed by atoms with Gasteiger partial charge in [0.2, 0.25) is 0 Å². The molecule has 1 nitrogen and oxygen atoms in total. The first-order chi connectivity index (χ1) is 5.24.